The largest absolute Gasteiger partial charge is 0.482 e. The van der Waals surface area contributed by atoms with Gasteiger partial charge in [0, 0.05) is 12.0 Å². The summed E-state index contributed by atoms with van der Waals surface area (Å²) in [5, 5.41) is 2.63. The van der Waals surface area contributed by atoms with Crippen LogP contribution in [0.2, 0.25) is 0 Å². The first-order valence-corrected chi connectivity index (χ1v) is 7.91. The second-order valence-electron chi connectivity index (χ2n) is 5.62. The van der Waals surface area contributed by atoms with Crippen LogP contribution in [-0.4, -0.2) is 30.9 Å². The van der Waals surface area contributed by atoms with Crippen LogP contribution in [0.3, 0.4) is 0 Å². The molecule has 1 heterocycles. The molecule has 0 saturated carbocycles. The van der Waals surface area contributed by atoms with Crippen LogP contribution < -0.4 is 10.1 Å². The van der Waals surface area contributed by atoms with Crippen molar-refractivity contribution in [2.45, 2.75) is 12.8 Å². The molecule has 0 unspecified atom stereocenters. The number of carbonyl (C=O) groups is 3. The Kier molecular flexibility index (Phi) is 5.09. The molecule has 0 saturated heterocycles. The van der Waals surface area contributed by atoms with E-state index in [0.29, 0.717) is 23.4 Å². The maximum Gasteiger partial charge on any atom is 0.306 e. The number of nitrogens with one attached hydrogen (secondary N) is 1. The summed E-state index contributed by atoms with van der Waals surface area (Å²) in [5.74, 6) is -0.525. The third-order valence-electron chi connectivity index (χ3n) is 3.76. The van der Waals surface area contributed by atoms with Gasteiger partial charge in [-0.05, 0) is 30.2 Å². The molecule has 0 atom stereocenters. The number of benzene rings is 2. The van der Waals surface area contributed by atoms with Crippen LogP contribution in [0.4, 0.5) is 5.69 Å². The third-order valence-corrected chi connectivity index (χ3v) is 3.76. The van der Waals surface area contributed by atoms with Gasteiger partial charge in [-0.1, -0.05) is 30.3 Å². The van der Waals surface area contributed by atoms with Gasteiger partial charge in [0.05, 0.1) is 5.69 Å². The summed E-state index contributed by atoms with van der Waals surface area (Å²) >= 11 is 0. The molecule has 0 aromatic heterocycles. The van der Waals surface area contributed by atoms with Crippen LogP contribution in [-0.2, 0) is 20.7 Å². The normalized spacial score (nSPS) is 12.6. The number of aryl methyl sites for hydroxylation is 1. The van der Waals surface area contributed by atoms with Crippen molar-refractivity contribution in [2.75, 3.05) is 18.5 Å². The van der Waals surface area contributed by atoms with Gasteiger partial charge in [-0.25, -0.2) is 0 Å². The Labute approximate surface area is 144 Å². The Hall–Kier alpha value is -3.15. The molecule has 6 nitrogen and oxygen atoms in total. The number of ether oxygens (including phenoxy) is 2. The second kappa shape index (κ2) is 7.61. The first-order valence-electron chi connectivity index (χ1n) is 7.91. The molecule has 3 rings (SSSR count). The number of hydrogen-bond acceptors (Lipinski definition) is 5. The molecule has 1 amide bonds. The van der Waals surface area contributed by atoms with E-state index < -0.39 is 5.97 Å². The number of carbonyl (C=O) groups excluding carboxylic acids is 3. The smallest absolute Gasteiger partial charge is 0.306 e. The summed E-state index contributed by atoms with van der Waals surface area (Å²) in [6.07, 6.45) is 0.779. The van der Waals surface area contributed by atoms with Crippen LogP contribution in [0.15, 0.2) is 48.5 Å². The lowest BCUT2D eigenvalue weighted by molar-refractivity contribution is -0.142. The predicted molar refractivity (Wildman–Crippen MR) is 90.6 cm³/mol. The van der Waals surface area contributed by atoms with Gasteiger partial charge >= 0.3 is 5.97 Å². The zero-order valence-corrected chi connectivity index (χ0v) is 13.5. The van der Waals surface area contributed by atoms with Gasteiger partial charge in [-0.2, -0.15) is 0 Å². The lowest BCUT2D eigenvalue weighted by Crippen LogP contribution is -2.25. The quantitative estimate of drug-likeness (QED) is 0.645. The highest BCUT2D eigenvalue weighted by Gasteiger charge is 2.18. The highest BCUT2D eigenvalue weighted by Crippen LogP contribution is 2.28. The number of Topliss-reactive ketones (excluding diaryl/α,β-unsaturated/α-hetero) is 1. The molecule has 2 aromatic rings. The van der Waals surface area contributed by atoms with E-state index in [1.165, 1.54) is 6.07 Å². The Morgan fingerprint density at radius 1 is 1.12 bits per heavy atom. The van der Waals surface area contributed by atoms with Crippen molar-refractivity contribution < 1.29 is 23.9 Å². The lowest BCUT2D eigenvalue weighted by atomic mass is 10.1. The van der Waals surface area contributed by atoms with Gasteiger partial charge < -0.3 is 14.8 Å². The molecular weight excluding hydrogens is 322 g/mol. The molecule has 1 N–H and O–H groups in total. The number of amides is 1. The summed E-state index contributed by atoms with van der Waals surface area (Å²) in [7, 11) is 0. The summed E-state index contributed by atoms with van der Waals surface area (Å²) in [4.78, 5) is 35.3. The lowest BCUT2D eigenvalue weighted by Gasteiger charge is -2.18. The van der Waals surface area contributed by atoms with E-state index in [1.807, 2.05) is 30.3 Å². The molecule has 6 heteroatoms. The number of rotatable bonds is 6. The van der Waals surface area contributed by atoms with Gasteiger partial charge in [0.2, 0.25) is 0 Å². The Morgan fingerprint density at radius 3 is 2.72 bits per heavy atom. The van der Waals surface area contributed by atoms with Gasteiger partial charge in [0.15, 0.2) is 19.0 Å². The monoisotopic (exact) mass is 339 g/mol. The summed E-state index contributed by atoms with van der Waals surface area (Å²) in [6, 6.07) is 14.3. The molecule has 1 aliphatic rings. The van der Waals surface area contributed by atoms with Gasteiger partial charge in [-0.15, -0.1) is 0 Å². The van der Waals surface area contributed by atoms with E-state index in [-0.39, 0.29) is 31.3 Å². The molecule has 2 aromatic carbocycles. The number of esters is 1. The van der Waals surface area contributed by atoms with Crippen LogP contribution in [0.5, 0.6) is 5.75 Å². The molecule has 0 aliphatic carbocycles. The van der Waals surface area contributed by atoms with Gasteiger partial charge in [0.25, 0.3) is 5.91 Å². The number of ketones is 1. The van der Waals surface area contributed by atoms with E-state index in [0.717, 1.165) is 5.56 Å². The summed E-state index contributed by atoms with van der Waals surface area (Å²) in [6.45, 7) is -0.374. The van der Waals surface area contributed by atoms with Crippen molar-refractivity contribution in [3.05, 3.63) is 59.7 Å². The first kappa shape index (κ1) is 16.7. The predicted octanol–water partition coefficient (Wildman–Crippen LogP) is 2.38. The van der Waals surface area contributed by atoms with Crippen molar-refractivity contribution in [3.8, 4) is 5.75 Å². The number of hydrogen-bond donors (Lipinski definition) is 1. The fourth-order valence-electron chi connectivity index (χ4n) is 2.45. The zero-order chi connectivity index (χ0) is 17.6. The minimum Gasteiger partial charge on any atom is -0.482 e. The van der Waals surface area contributed by atoms with E-state index in [1.54, 1.807) is 12.1 Å². The van der Waals surface area contributed by atoms with Crippen molar-refractivity contribution in [1.29, 1.82) is 0 Å². The fourth-order valence-corrected chi connectivity index (χ4v) is 2.45. The number of fused-ring (bicyclic) bond motifs is 1. The van der Waals surface area contributed by atoms with Crippen molar-refractivity contribution in [1.82, 2.24) is 0 Å². The molecule has 1 aliphatic heterocycles. The molecule has 0 radical (unpaired) electrons. The second-order valence-corrected chi connectivity index (χ2v) is 5.62. The van der Waals surface area contributed by atoms with E-state index in [4.69, 9.17) is 9.47 Å². The van der Waals surface area contributed by atoms with Crippen molar-refractivity contribution in [3.63, 3.8) is 0 Å². The molecular formula is C19H17NO5. The molecule has 0 bridgehead atoms. The molecule has 128 valence electrons. The van der Waals surface area contributed by atoms with Gasteiger partial charge in [-0.3, -0.25) is 14.4 Å². The first-order chi connectivity index (χ1) is 12.1. The van der Waals surface area contributed by atoms with E-state index in [2.05, 4.69) is 5.32 Å². The topological polar surface area (TPSA) is 81.7 Å². The van der Waals surface area contributed by atoms with E-state index >= 15 is 0 Å². The van der Waals surface area contributed by atoms with Crippen LogP contribution in [0, 0.1) is 0 Å². The maximum atomic E-state index is 12.2. The zero-order valence-electron chi connectivity index (χ0n) is 13.5. The maximum absolute atomic E-state index is 12.2. The Morgan fingerprint density at radius 2 is 1.92 bits per heavy atom. The van der Waals surface area contributed by atoms with Crippen LogP contribution in [0.25, 0.3) is 0 Å². The summed E-state index contributed by atoms with van der Waals surface area (Å²) in [5.41, 5.74) is 1.83. The molecule has 25 heavy (non-hydrogen) atoms. The summed E-state index contributed by atoms with van der Waals surface area (Å²) < 4.78 is 10.3. The molecule has 0 fully saturated rings. The standard InChI is InChI=1S/C19H17NO5/c21-16(11-25-19(23)9-6-13-4-2-1-3-5-13)14-7-8-17-15(10-14)20-18(22)12-24-17/h1-5,7-8,10H,6,9,11-12H2,(H,20,22). The fraction of sp³-hybridized carbons (Fsp3) is 0.211. The highest BCUT2D eigenvalue weighted by molar-refractivity contribution is 6.01. The average molecular weight is 339 g/mol. The minimum absolute atomic E-state index is 0.0423. The van der Waals surface area contributed by atoms with Crippen molar-refractivity contribution in [2.24, 2.45) is 0 Å². The third kappa shape index (κ3) is 4.44. The molecule has 0 spiro atoms. The Bertz CT molecular complexity index is 801. The van der Waals surface area contributed by atoms with Crippen molar-refractivity contribution >= 4 is 23.3 Å². The van der Waals surface area contributed by atoms with Crippen LogP contribution in [0.1, 0.15) is 22.3 Å². The minimum atomic E-state index is -0.424. The number of anilines is 1. The van der Waals surface area contributed by atoms with Crippen LogP contribution >= 0.6 is 0 Å². The van der Waals surface area contributed by atoms with E-state index in [9.17, 15) is 14.4 Å². The SMILES string of the molecule is O=C1COc2ccc(C(=O)COC(=O)CCc3ccccc3)cc2N1. The van der Waals surface area contributed by atoms with Gasteiger partial charge in [0.1, 0.15) is 5.75 Å². The average Bonchev–Trinajstić information content (AvgIpc) is 2.64. The highest BCUT2D eigenvalue weighted by atomic mass is 16.5. The Balaban J connectivity index is 1.51.